The zero-order valence-electron chi connectivity index (χ0n) is 59.7. The Hall–Kier alpha value is -4.67. The van der Waals surface area contributed by atoms with Crippen LogP contribution in [0.4, 0.5) is 0 Å². The molecule has 10 rings (SSSR count). The first-order valence-corrected chi connectivity index (χ1v) is 35.6. The van der Waals surface area contributed by atoms with Crippen molar-refractivity contribution in [1.29, 1.82) is 0 Å². The average Bonchev–Trinajstić information content (AvgIpc) is 0.668. The number of hydrogen-bond donors (Lipinski definition) is 12. The lowest BCUT2D eigenvalue weighted by atomic mass is 9.32. The van der Waals surface area contributed by atoms with Crippen molar-refractivity contribution in [3.05, 3.63) is 59.2 Å². The highest BCUT2D eigenvalue weighted by atomic mass is 16.8. The minimum Gasteiger partial charge on any atom is -0.479 e. The normalized spacial score (nSPS) is 44.8. The second kappa shape index (κ2) is 30.3. The standard InChI is InChI=1S/C73H108O28/c1-13-33(2)62(88)99-58-45(96-63(89)34(3)35(4)94-64(90)37-17-15-14-16-18-37)31-91-43(53(58)82)25-40-60(95-36(5)76)73(32-75)41(26-68(40,6)7)39-19-20-47-70(10)23-22-49(69(8,9)46(70)21-24-71(47,11)72(39,12)27-48(73)78)98-67-57(100-66-56(85)54(83)52(81)44(28-74)97-66)38(50(79)59(101-67)61(86)87)29-92-65-55(84)51(80)42(77)30-93-65/h13-19,34-35,38,40-60,65-67,74-75,77-85H,20-32H2,1-12H3,(H,86,87)/b33-13-/t34?,35?,38-,40+,41?,42-,43?,44?,45?,46?,47?,48-,49+,50+,51-,52+,53?,54-,55?,56?,57?,58?,59?,60?,65-,66+,67-,70+,71-,72-,73+/m1/s1. The first-order chi connectivity index (χ1) is 47.4. The van der Waals surface area contributed by atoms with Crippen LogP contribution >= 0.6 is 0 Å². The molecule has 15 unspecified atom stereocenters. The van der Waals surface area contributed by atoms with Crippen LogP contribution in [-0.2, 0) is 71.3 Å². The number of aliphatic hydroxyl groups is 11. The summed E-state index contributed by atoms with van der Waals surface area (Å²) in [5.74, 6) is -8.39. The van der Waals surface area contributed by atoms with Crippen LogP contribution in [0.1, 0.15) is 145 Å². The molecule has 0 aromatic heterocycles. The quantitative estimate of drug-likeness (QED) is 0.0292. The average molecular weight is 1430 g/mol. The van der Waals surface area contributed by atoms with E-state index < -0.39 is 241 Å². The molecule has 4 aliphatic heterocycles. The summed E-state index contributed by atoms with van der Waals surface area (Å²) < 4.78 is 67.1. The van der Waals surface area contributed by atoms with Gasteiger partial charge in [0.2, 0.25) is 0 Å². The van der Waals surface area contributed by atoms with Gasteiger partial charge in [-0.15, -0.1) is 0 Å². The molecular weight excluding hydrogens is 1320 g/mol. The van der Waals surface area contributed by atoms with E-state index in [1.807, 2.05) is 13.8 Å². The molecule has 31 atom stereocenters. The Labute approximate surface area is 588 Å². The number of allylic oxidation sites excluding steroid dienone is 3. The topological polar surface area (TPSA) is 430 Å². The van der Waals surface area contributed by atoms with Crippen molar-refractivity contribution in [2.24, 2.45) is 68.0 Å². The van der Waals surface area contributed by atoms with Crippen LogP contribution in [0.25, 0.3) is 0 Å². The summed E-state index contributed by atoms with van der Waals surface area (Å²) in [7, 11) is 0. The van der Waals surface area contributed by atoms with E-state index in [-0.39, 0.29) is 42.4 Å². The zero-order valence-corrected chi connectivity index (χ0v) is 59.7. The maximum atomic E-state index is 13.9. The lowest BCUT2D eigenvalue weighted by Gasteiger charge is -2.73. The Morgan fingerprint density at radius 3 is 2.03 bits per heavy atom. The van der Waals surface area contributed by atoms with E-state index in [2.05, 4.69) is 40.7 Å². The molecule has 9 aliphatic rings. The van der Waals surface area contributed by atoms with E-state index >= 15 is 0 Å². The maximum Gasteiger partial charge on any atom is 0.338 e. The van der Waals surface area contributed by atoms with Crippen LogP contribution in [0.15, 0.2) is 53.6 Å². The molecule has 1 aromatic carbocycles. The first kappa shape index (κ1) is 78.9. The Morgan fingerprint density at radius 2 is 1.39 bits per heavy atom. The van der Waals surface area contributed by atoms with E-state index in [1.165, 1.54) is 26.8 Å². The Balaban J connectivity index is 0.905. The van der Waals surface area contributed by atoms with Gasteiger partial charge in [0, 0.05) is 24.3 Å². The molecule has 5 aliphatic carbocycles. The summed E-state index contributed by atoms with van der Waals surface area (Å²) in [6.07, 6.45) is -25.3. The fraction of sp³-hybridized carbons (Fsp3) is 0.795. The number of hydrogen-bond acceptors (Lipinski definition) is 27. The van der Waals surface area contributed by atoms with Gasteiger partial charge < -0.3 is 113 Å². The van der Waals surface area contributed by atoms with Crippen molar-refractivity contribution in [2.45, 2.75) is 263 Å². The number of fused-ring (bicyclic) bond motifs is 7. The zero-order chi connectivity index (χ0) is 74.1. The number of benzene rings is 1. The van der Waals surface area contributed by atoms with Crippen LogP contribution in [0, 0.1) is 68.0 Å². The van der Waals surface area contributed by atoms with Crippen molar-refractivity contribution in [1.82, 2.24) is 0 Å². The van der Waals surface area contributed by atoms with E-state index in [9.17, 15) is 85.3 Å². The van der Waals surface area contributed by atoms with Crippen molar-refractivity contribution in [3.8, 4) is 0 Å². The van der Waals surface area contributed by atoms with Gasteiger partial charge in [0.25, 0.3) is 0 Å². The lowest BCUT2D eigenvalue weighted by Crippen LogP contribution is -2.71. The van der Waals surface area contributed by atoms with Crippen LogP contribution < -0.4 is 0 Å². The number of carbonyl (C=O) groups is 5. The molecule has 4 saturated heterocycles. The fourth-order valence-corrected chi connectivity index (χ4v) is 19.5. The van der Waals surface area contributed by atoms with Gasteiger partial charge in [-0.05, 0) is 136 Å². The van der Waals surface area contributed by atoms with Gasteiger partial charge >= 0.3 is 29.8 Å². The number of carbonyl (C=O) groups excluding carboxylic acids is 4. The second-order valence-electron chi connectivity index (χ2n) is 32.1. The molecule has 28 nitrogen and oxygen atoms in total. The third-order valence-corrected chi connectivity index (χ3v) is 25.9. The summed E-state index contributed by atoms with van der Waals surface area (Å²) in [6.45, 7) is 19.5. The van der Waals surface area contributed by atoms with Gasteiger partial charge in [0.1, 0.15) is 67.1 Å². The summed E-state index contributed by atoms with van der Waals surface area (Å²) in [5.41, 5.74) is -3.15. The number of rotatable bonds is 20. The SMILES string of the molecule is C/C=C(/C)C(=O)OC1C(OC(=O)C(C)C(C)OC(=O)c2ccccc2)COC(C[C@H]2C(OC(C)=O)[C@@]3(CO)C(CC2(C)C)C2=CCC4[C@@]5(C)CC[C@H](O[C@@H]6OC(C(=O)O)[C@@H](O)[C@@H](CO[C@@H]7OC[C@@H](O)[C@@H](O)C7O)C6O[C@@H]6OC(CO)[C@H](O)[C@@H](O)C6O)C(C)(C)C5CC[C@@]4(C)[C@]2(C)C[C@H]3O)C1O. The Bertz CT molecular complexity index is 3180. The van der Waals surface area contributed by atoms with E-state index in [0.717, 1.165) is 5.57 Å². The van der Waals surface area contributed by atoms with Gasteiger partial charge in [0.15, 0.2) is 37.2 Å². The molecule has 1 aromatic rings. The first-order valence-electron chi connectivity index (χ1n) is 35.6. The predicted molar refractivity (Wildman–Crippen MR) is 350 cm³/mol. The highest BCUT2D eigenvalue weighted by Gasteiger charge is 2.74. The molecule has 568 valence electrons. The molecule has 101 heavy (non-hydrogen) atoms. The molecule has 0 spiro atoms. The van der Waals surface area contributed by atoms with E-state index in [4.69, 9.17) is 52.1 Å². The van der Waals surface area contributed by atoms with Crippen LogP contribution in [0.2, 0.25) is 0 Å². The molecule has 4 saturated carbocycles. The van der Waals surface area contributed by atoms with Gasteiger partial charge in [-0.2, -0.15) is 0 Å². The van der Waals surface area contributed by atoms with Crippen LogP contribution in [0.3, 0.4) is 0 Å². The minimum absolute atomic E-state index is 0.0288. The lowest BCUT2D eigenvalue weighted by molar-refractivity contribution is -0.374. The monoisotopic (exact) mass is 1430 g/mol. The van der Waals surface area contributed by atoms with E-state index in [0.29, 0.717) is 38.5 Å². The number of ether oxygens (including phenoxy) is 11. The Kier molecular flexibility index (Phi) is 23.7. The molecule has 0 bridgehead atoms. The molecule has 12 N–H and O–H groups in total. The predicted octanol–water partition coefficient (Wildman–Crippen LogP) is 2.15. The van der Waals surface area contributed by atoms with Gasteiger partial charge in [-0.1, -0.05) is 84.4 Å². The van der Waals surface area contributed by atoms with E-state index in [1.54, 1.807) is 44.2 Å². The molecule has 28 heteroatoms. The van der Waals surface area contributed by atoms with Gasteiger partial charge in [0.05, 0.1) is 74.3 Å². The highest BCUT2D eigenvalue weighted by molar-refractivity contribution is 5.90. The number of carboxylic acids is 1. The summed E-state index contributed by atoms with van der Waals surface area (Å²) in [4.78, 5) is 67.1. The molecule has 4 heterocycles. The highest BCUT2D eigenvalue weighted by Crippen LogP contribution is 2.76. The molecular formula is C73H108O28. The molecule has 8 fully saturated rings. The smallest absolute Gasteiger partial charge is 0.338 e. The molecule has 0 radical (unpaired) electrons. The van der Waals surface area contributed by atoms with Gasteiger partial charge in [-0.25, -0.2) is 14.4 Å². The van der Waals surface area contributed by atoms with Crippen molar-refractivity contribution < 1.29 is 137 Å². The second-order valence-corrected chi connectivity index (χ2v) is 32.1. The third-order valence-electron chi connectivity index (χ3n) is 25.9. The summed E-state index contributed by atoms with van der Waals surface area (Å²) in [5, 5.41) is 135. The fourth-order valence-electron chi connectivity index (χ4n) is 19.5. The van der Waals surface area contributed by atoms with Crippen molar-refractivity contribution in [3.63, 3.8) is 0 Å². The number of esters is 4. The largest absolute Gasteiger partial charge is 0.479 e. The maximum absolute atomic E-state index is 13.9. The number of aliphatic hydroxyl groups excluding tert-OH is 11. The summed E-state index contributed by atoms with van der Waals surface area (Å²) >= 11 is 0. The number of aliphatic carboxylic acids is 1. The minimum atomic E-state index is -1.98. The summed E-state index contributed by atoms with van der Waals surface area (Å²) in [6, 6.07) is 8.25. The van der Waals surface area contributed by atoms with Crippen LogP contribution in [-0.4, -0.2) is 253 Å². The number of carboxylic acid groups (broad SMARTS) is 1. The molecule has 0 amide bonds. The third kappa shape index (κ3) is 14.3. The van der Waals surface area contributed by atoms with Crippen LogP contribution in [0.5, 0.6) is 0 Å². The Morgan fingerprint density at radius 1 is 0.703 bits per heavy atom. The van der Waals surface area contributed by atoms with Crippen molar-refractivity contribution >= 4 is 29.8 Å². The van der Waals surface area contributed by atoms with Gasteiger partial charge in [-0.3, -0.25) is 9.59 Å². The van der Waals surface area contributed by atoms with Crippen molar-refractivity contribution in [2.75, 3.05) is 33.0 Å².